The monoisotopic (exact) mass is 187 g/mol. The van der Waals surface area contributed by atoms with E-state index in [2.05, 4.69) is 0 Å². The average molecular weight is 187 g/mol. The van der Waals surface area contributed by atoms with Crippen molar-refractivity contribution in [2.75, 3.05) is 0 Å². The summed E-state index contributed by atoms with van der Waals surface area (Å²) in [4.78, 5) is -0.111. The van der Waals surface area contributed by atoms with Crippen molar-refractivity contribution in [1.29, 1.82) is 0 Å². The maximum absolute atomic E-state index is 10.6. The highest BCUT2D eigenvalue weighted by atomic mass is 32.2. The molecule has 0 unspecified atom stereocenters. The Hall–Kier alpha value is -0.910. The molecule has 0 saturated carbocycles. The van der Waals surface area contributed by atoms with Crippen LogP contribution < -0.4 is 5.73 Å². The fourth-order valence-corrected chi connectivity index (χ4v) is 1.28. The molecular formula is C7H9NO3S. The second-order valence-electron chi connectivity index (χ2n) is 2.32. The molecule has 0 fully saturated rings. The van der Waals surface area contributed by atoms with Crippen molar-refractivity contribution in [3.63, 3.8) is 0 Å². The number of hydrogen-bond acceptors (Lipinski definition) is 3. The highest BCUT2D eigenvalue weighted by Gasteiger charge is 2.07. The number of rotatable bonds is 2. The molecule has 3 N–H and O–H groups in total. The molecule has 5 heteroatoms. The second kappa shape index (κ2) is 3.22. The molecule has 0 aliphatic carbocycles. The van der Waals surface area contributed by atoms with Gasteiger partial charge in [0.15, 0.2) is 0 Å². The van der Waals surface area contributed by atoms with Crippen LogP contribution in [0.1, 0.15) is 5.56 Å². The maximum Gasteiger partial charge on any atom is 0.294 e. The molecule has 1 aromatic carbocycles. The first kappa shape index (κ1) is 9.18. The predicted octanol–water partition coefficient (Wildman–Crippen LogP) is 0.392. The molecule has 66 valence electrons. The Morgan fingerprint density at radius 1 is 1.25 bits per heavy atom. The number of nitrogens with two attached hydrogens (primary N) is 1. The highest BCUT2D eigenvalue weighted by molar-refractivity contribution is 7.85. The van der Waals surface area contributed by atoms with E-state index in [1.54, 1.807) is 12.1 Å². The smallest absolute Gasteiger partial charge is 0.294 e. The first-order chi connectivity index (χ1) is 5.54. The van der Waals surface area contributed by atoms with Crippen LogP contribution in [0.4, 0.5) is 0 Å². The Balaban J connectivity index is 3.09. The van der Waals surface area contributed by atoms with E-state index in [0.29, 0.717) is 6.54 Å². The van der Waals surface area contributed by atoms with E-state index in [1.807, 2.05) is 0 Å². The second-order valence-corrected chi connectivity index (χ2v) is 3.74. The molecule has 1 aromatic rings. The van der Waals surface area contributed by atoms with Crippen molar-refractivity contribution >= 4 is 10.1 Å². The van der Waals surface area contributed by atoms with E-state index in [9.17, 15) is 8.42 Å². The molecule has 0 radical (unpaired) electrons. The van der Waals surface area contributed by atoms with Crippen LogP contribution in [-0.2, 0) is 16.7 Å². The molecule has 0 aliphatic rings. The van der Waals surface area contributed by atoms with Crippen LogP contribution in [0.5, 0.6) is 0 Å². The normalized spacial score (nSPS) is 11.5. The zero-order chi connectivity index (χ0) is 9.19. The summed E-state index contributed by atoms with van der Waals surface area (Å²) in [5, 5.41) is 0. The van der Waals surface area contributed by atoms with Crippen molar-refractivity contribution in [3.05, 3.63) is 29.8 Å². The van der Waals surface area contributed by atoms with E-state index in [1.165, 1.54) is 12.1 Å². The van der Waals surface area contributed by atoms with Gasteiger partial charge in [-0.25, -0.2) is 0 Å². The van der Waals surface area contributed by atoms with Gasteiger partial charge in [0, 0.05) is 6.54 Å². The van der Waals surface area contributed by atoms with Crippen LogP contribution >= 0.6 is 0 Å². The molecule has 0 bridgehead atoms. The topological polar surface area (TPSA) is 80.4 Å². The predicted molar refractivity (Wildman–Crippen MR) is 44.1 cm³/mol. The molecule has 0 atom stereocenters. The Morgan fingerprint density at radius 3 is 2.08 bits per heavy atom. The van der Waals surface area contributed by atoms with Crippen LogP contribution in [0.25, 0.3) is 0 Å². The largest absolute Gasteiger partial charge is 0.326 e. The average Bonchev–Trinajstić information content (AvgIpc) is 2.03. The van der Waals surface area contributed by atoms with Gasteiger partial charge in [0.1, 0.15) is 0 Å². The fourth-order valence-electron chi connectivity index (χ4n) is 0.798. The minimum atomic E-state index is -4.07. The van der Waals surface area contributed by atoms with Crippen molar-refractivity contribution in [3.8, 4) is 0 Å². The third-order valence-electron chi connectivity index (χ3n) is 1.46. The van der Waals surface area contributed by atoms with Gasteiger partial charge in [0.2, 0.25) is 0 Å². The van der Waals surface area contributed by atoms with Gasteiger partial charge >= 0.3 is 0 Å². The van der Waals surface area contributed by atoms with Crippen molar-refractivity contribution in [2.45, 2.75) is 11.4 Å². The van der Waals surface area contributed by atoms with Gasteiger partial charge in [-0.3, -0.25) is 4.55 Å². The SMILES string of the molecule is NCc1ccc(S(=O)(=O)O)cc1. The summed E-state index contributed by atoms with van der Waals surface area (Å²) >= 11 is 0. The Morgan fingerprint density at radius 2 is 1.75 bits per heavy atom. The quantitative estimate of drug-likeness (QED) is 0.656. The molecule has 0 saturated heterocycles. The third kappa shape index (κ3) is 2.04. The standard InChI is InChI=1S/C7H9NO3S/c8-5-6-1-3-7(4-2-6)12(9,10)11/h1-4H,5,8H2,(H,9,10,11). The molecular weight excluding hydrogens is 178 g/mol. The van der Waals surface area contributed by atoms with Gasteiger partial charge in [-0.2, -0.15) is 8.42 Å². The minimum absolute atomic E-state index is 0.111. The summed E-state index contributed by atoms with van der Waals surface area (Å²) in [6, 6.07) is 5.75. The van der Waals surface area contributed by atoms with Crippen LogP contribution in [0.2, 0.25) is 0 Å². The van der Waals surface area contributed by atoms with Crippen molar-refractivity contribution < 1.29 is 13.0 Å². The molecule has 12 heavy (non-hydrogen) atoms. The zero-order valence-electron chi connectivity index (χ0n) is 6.27. The van der Waals surface area contributed by atoms with Crippen LogP contribution in [0.15, 0.2) is 29.2 Å². The molecule has 0 aromatic heterocycles. The molecule has 4 nitrogen and oxygen atoms in total. The van der Waals surface area contributed by atoms with Gasteiger partial charge in [-0.05, 0) is 17.7 Å². The van der Waals surface area contributed by atoms with E-state index >= 15 is 0 Å². The van der Waals surface area contributed by atoms with Crippen molar-refractivity contribution in [1.82, 2.24) is 0 Å². The van der Waals surface area contributed by atoms with Gasteiger partial charge < -0.3 is 5.73 Å². The molecule has 0 heterocycles. The van der Waals surface area contributed by atoms with Gasteiger partial charge in [-0.1, -0.05) is 12.1 Å². The number of hydrogen-bond donors (Lipinski definition) is 2. The third-order valence-corrected chi connectivity index (χ3v) is 2.32. The lowest BCUT2D eigenvalue weighted by molar-refractivity contribution is 0.483. The zero-order valence-corrected chi connectivity index (χ0v) is 7.08. The number of benzene rings is 1. The summed E-state index contributed by atoms with van der Waals surface area (Å²) in [5.74, 6) is 0. The van der Waals surface area contributed by atoms with E-state index < -0.39 is 10.1 Å². The molecule has 0 amide bonds. The summed E-state index contributed by atoms with van der Waals surface area (Å²) < 4.78 is 29.7. The van der Waals surface area contributed by atoms with Gasteiger partial charge in [0.05, 0.1) is 4.90 Å². The lowest BCUT2D eigenvalue weighted by Gasteiger charge is -1.98. The fraction of sp³-hybridized carbons (Fsp3) is 0.143. The van der Waals surface area contributed by atoms with E-state index in [-0.39, 0.29) is 4.90 Å². The Bertz CT molecular complexity index is 355. The summed E-state index contributed by atoms with van der Waals surface area (Å²) in [5.41, 5.74) is 6.12. The lowest BCUT2D eigenvalue weighted by Crippen LogP contribution is -2.00. The first-order valence-electron chi connectivity index (χ1n) is 3.30. The van der Waals surface area contributed by atoms with Crippen LogP contribution in [-0.4, -0.2) is 13.0 Å². The van der Waals surface area contributed by atoms with Crippen molar-refractivity contribution in [2.24, 2.45) is 5.73 Å². The highest BCUT2D eigenvalue weighted by Crippen LogP contribution is 2.09. The van der Waals surface area contributed by atoms with E-state index in [0.717, 1.165) is 5.56 Å². The maximum atomic E-state index is 10.6. The lowest BCUT2D eigenvalue weighted by atomic mass is 10.2. The minimum Gasteiger partial charge on any atom is -0.326 e. The summed E-state index contributed by atoms with van der Waals surface area (Å²) in [6.45, 7) is 0.353. The van der Waals surface area contributed by atoms with Crippen LogP contribution in [0, 0.1) is 0 Å². The van der Waals surface area contributed by atoms with E-state index in [4.69, 9.17) is 10.3 Å². The molecule has 0 spiro atoms. The summed E-state index contributed by atoms with van der Waals surface area (Å²) in [6.07, 6.45) is 0. The Kier molecular flexibility index (Phi) is 2.46. The van der Waals surface area contributed by atoms with Gasteiger partial charge in [0.25, 0.3) is 10.1 Å². The first-order valence-corrected chi connectivity index (χ1v) is 4.74. The Labute approximate surface area is 70.8 Å². The molecule has 0 aliphatic heterocycles. The van der Waals surface area contributed by atoms with Crippen LogP contribution in [0.3, 0.4) is 0 Å². The molecule has 1 rings (SSSR count). The van der Waals surface area contributed by atoms with Gasteiger partial charge in [-0.15, -0.1) is 0 Å². The summed E-state index contributed by atoms with van der Waals surface area (Å²) in [7, 11) is -4.07.